The van der Waals surface area contributed by atoms with Crippen molar-refractivity contribution in [2.24, 2.45) is 7.05 Å². The SMILES string of the molecule is CCc1nc(-c2cc3c(cc2Cl)C(=O)CC3)n(C)c(=O)c1NC(COC)COC. The molecule has 1 aliphatic rings. The van der Waals surface area contributed by atoms with Gasteiger partial charge in [-0.3, -0.25) is 14.2 Å². The van der Waals surface area contributed by atoms with Gasteiger partial charge in [-0.25, -0.2) is 4.98 Å². The summed E-state index contributed by atoms with van der Waals surface area (Å²) in [6.45, 7) is 2.74. The van der Waals surface area contributed by atoms with E-state index >= 15 is 0 Å². The lowest BCUT2D eigenvalue weighted by Gasteiger charge is -2.21. The maximum Gasteiger partial charge on any atom is 0.277 e. The van der Waals surface area contributed by atoms with Crippen LogP contribution in [0.5, 0.6) is 0 Å². The van der Waals surface area contributed by atoms with Crippen LogP contribution in [-0.4, -0.2) is 48.8 Å². The van der Waals surface area contributed by atoms with E-state index in [1.807, 2.05) is 13.0 Å². The maximum atomic E-state index is 13.2. The highest BCUT2D eigenvalue weighted by Gasteiger charge is 2.24. The summed E-state index contributed by atoms with van der Waals surface area (Å²) < 4.78 is 11.9. The molecule has 0 radical (unpaired) electrons. The van der Waals surface area contributed by atoms with Gasteiger partial charge in [-0.1, -0.05) is 18.5 Å². The number of anilines is 1. The van der Waals surface area contributed by atoms with Crippen molar-refractivity contribution in [2.45, 2.75) is 32.2 Å². The number of hydrogen-bond acceptors (Lipinski definition) is 6. The molecule has 0 saturated carbocycles. The second-order valence-electron chi connectivity index (χ2n) is 7.14. The number of rotatable bonds is 8. The molecule has 1 heterocycles. The molecule has 8 heteroatoms. The second-order valence-corrected chi connectivity index (χ2v) is 7.55. The van der Waals surface area contributed by atoms with Crippen LogP contribution in [-0.2, 0) is 29.4 Å². The summed E-state index contributed by atoms with van der Waals surface area (Å²) in [5, 5.41) is 3.64. The molecule has 0 unspecified atom stereocenters. The molecule has 0 atom stereocenters. The van der Waals surface area contributed by atoms with E-state index in [-0.39, 0.29) is 17.4 Å². The van der Waals surface area contributed by atoms with Gasteiger partial charge in [0.2, 0.25) is 0 Å². The highest BCUT2D eigenvalue weighted by atomic mass is 35.5. The first-order valence-electron chi connectivity index (χ1n) is 9.61. The fourth-order valence-electron chi connectivity index (χ4n) is 3.66. The van der Waals surface area contributed by atoms with E-state index < -0.39 is 0 Å². The number of carbonyl (C=O) groups excluding carboxylic acids is 1. The predicted molar refractivity (Wildman–Crippen MR) is 113 cm³/mol. The van der Waals surface area contributed by atoms with Gasteiger partial charge in [-0.2, -0.15) is 0 Å². The van der Waals surface area contributed by atoms with Crippen LogP contribution in [0, 0.1) is 0 Å². The molecule has 1 aromatic carbocycles. The number of aromatic nitrogens is 2. The first-order valence-corrected chi connectivity index (χ1v) is 9.99. The Kier molecular flexibility index (Phi) is 6.72. The number of carbonyl (C=O) groups is 1. The normalized spacial score (nSPS) is 13.2. The number of fused-ring (bicyclic) bond motifs is 1. The molecule has 3 rings (SSSR count). The first kappa shape index (κ1) is 21.5. The molecular formula is C21H26ClN3O4. The van der Waals surface area contributed by atoms with Crippen LogP contribution in [0.15, 0.2) is 16.9 Å². The summed E-state index contributed by atoms with van der Waals surface area (Å²) >= 11 is 6.48. The van der Waals surface area contributed by atoms with E-state index in [1.165, 1.54) is 4.57 Å². The van der Waals surface area contributed by atoms with Gasteiger partial charge in [0.05, 0.1) is 30.0 Å². The van der Waals surface area contributed by atoms with Gasteiger partial charge in [0.25, 0.3) is 5.56 Å². The Morgan fingerprint density at radius 2 is 1.86 bits per heavy atom. The topological polar surface area (TPSA) is 82.5 Å². The Balaban J connectivity index is 2.08. The lowest BCUT2D eigenvalue weighted by molar-refractivity contribution is 0.0994. The molecule has 7 nitrogen and oxygen atoms in total. The minimum Gasteiger partial charge on any atom is -0.382 e. The zero-order valence-electron chi connectivity index (χ0n) is 17.2. The van der Waals surface area contributed by atoms with E-state index in [9.17, 15) is 9.59 Å². The summed E-state index contributed by atoms with van der Waals surface area (Å²) in [5.41, 5.74) is 3.16. The summed E-state index contributed by atoms with van der Waals surface area (Å²) in [7, 11) is 4.88. The van der Waals surface area contributed by atoms with Crippen molar-refractivity contribution in [2.75, 3.05) is 32.8 Å². The van der Waals surface area contributed by atoms with E-state index in [1.54, 1.807) is 27.3 Å². The Labute approximate surface area is 175 Å². The predicted octanol–water partition coefficient (Wildman–Crippen LogP) is 2.87. The number of ketones is 1. The van der Waals surface area contributed by atoms with Crippen LogP contribution >= 0.6 is 11.6 Å². The standard InChI is InChI=1S/C21H26ClN3O4/c1-5-17-19(23-13(10-28-3)11-29-4)21(27)25(2)20(24-17)15-8-12-6-7-18(26)14(12)9-16(15)22/h8-9,13,23H,5-7,10-11H2,1-4H3. The average molecular weight is 420 g/mol. The van der Waals surface area contributed by atoms with Gasteiger partial charge >= 0.3 is 0 Å². The van der Waals surface area contributed by atoms with Crippen molar-refractivity contribution in [3.63, 3.8) is 0 Å². The highest BCUT2D eigenvalue weighted by molar-refractivity contribution is 6.33. The van der Waals surface area contributed by atoms with Crippen LogP contribution in [0.3, 0.4) is 0 Å². The van der Waals surface area contributed by atoms with Crippen molar-refractivity contribution in [3.05, 3.63) is 44.3 Å². The van der Waals surface area contributed by atoms with Crippen molar-refractivity contribution in [1.29, 1.82) is 0 Å². The molecule has 1 aliphatic carbocycles. The summed E-state index contributed by atoms with van der Waals surface area (Å²) in [6.07, 6.45) is 1.74. The van der Waals surface area contributed by atoms with Crippen LogP contribution in [0.2, 0.25) is 5.02 Å². The smallest absolute Gasteiger partial charge is 0.277 e. The number of hydrogen-bond donors (Lipinski definition) is 1. The van der Waals surface area contributed by atoms with E-state index in [2.05, 4.69) is 5.32 Å². The van der Waals surface area contributed by atoms with Crippen LogP contribution in [0.1, 0.15) is 35.0 Å². The number of ether oxygens (including phenoxy) is 2. The number of methoxy groups -OCH3 is 2. The fraction of sp³-hybridized carbons (Fsp3) is 0.476. The van der Waals surface area contributed by atoms with Crippen LogP contribution in [0.4, 0.5) is 5.69 Å². The highest BCUT2D eigenvalue weighted by Crippen LogP contribution is 2.33. The zero-order valence-corrected chi connectivity index (χ0v) is 17.9. The number of nitrogens with one attached hydrogen (secondary N) is 1. The quantitative estimate of drug-likeness (QED) is 0.708. The number of benzene rings is 1. The third-order valence-corrected chi connectivity index (χ3v) is 5.45. The van der Waals surface area contributed by atoms with Gasteiger partial charge in [0.1, 0.15) is 11.5 Å². The lowest BCUT2D eigenvalue weighted by atomic mass is 10.0. The fourth-order valence-corrected chi connectivity index (χ4v) is 3.91. The Bertz CT molecular complexity index is 981. The monoisotopic (exact) mass is 419 g/mol. The van der Waals surface area contributed by atoms with Gasteiger partial charge in [-0.15, -0.1) is 0 Å². The zero-order chi connectivity index (χ0) is 21.1. The molecule has 29 heavy (non-hydrogen) atoms. The van der Waals surface area contributed by atoms with E-state index in [0.29, 0.717) is 65.8 Å². The molecular weight excluding hydrogens is 394 g/mol. The molecule has 156 valence electrons. The van der Waals surface area contributed by atoms with Crippen molar-refractivity contribution >= 4 is 23.1 Å². The molecule has 0 spiro atoms. The summed E-state index contributed by atoms with van der Waals surface area (Å²) in [4.78, 5) is 29.9. The van der Waals surface area contributed by atoms with Gasteiger partial charge < -0.3 is 14.8 Å². The number of halogens is 1. The van der Waals surface area contributed by atoms with Gasteiger partial charge in [0.15, 0.2) is 5.78 Å². The van der Waals surface area contributed by atoms with Crippen LogP contribution < -0.4 is 10.9 Å². The molecule has 1 N–H and O–H groups in total. The first-order chi connectivity index (χ1) is 13.9. The average Bonchev–Trinajstić information content (AvgIpc) is 3.05. The molecule has 0 saturated heterocycles. The van der Waals surface area contributed by atoms with Crippen molar-refractivity contribution in [1.82, 2.24) is 9.55 Å². The largest absolute Gasteiger partial charge is 0.382 e. The molecule has 0 aliphatic heterocycles. The molecule has 0 amide bonds. The minimum absolute atomic E-state index is 0.103. The Morgan fingerprint density at radius 1 is 1.17 bits per heavy atom. The number of aryl methyl sites for hydroxylation is 2. The maximum absolute atomic E-state index is 13.2. The van der Waals surface area contributed by atoms with E-state index in [0.717, 1.165) is 5.56 Å². The summed E-state index contributed by atoms with van der Waals surface area (Å²) in [5.74, 6) is 0.589. The second kappa shape index (κ2) is 9.07. The number of nitrogens with zero attached hydrogens (tertiary/aromatic N) is 2. The van der Waals surface area contributed by atoms with Crippen LogP contribution in [0.25, 0.3) is 11.4 Å². The van der Waals surface area contributed by atoms with Crippen molar-refractivity contribution < 1.29 is 14.3 Å². The van der Waals surface area contributed by atoms with Gasteiger partial charge in [-0.05, 0) is 30.5 Å². The van der Waals surface area contributed by atoms with E-state index in [4.69, 9.17) is 26.1 Å². The van der Waals surface area contributed by atoms with Gasteiger partial charge in [0, 0.05) is 38.8 Å². The third kappa shape index (κ3) is 4.22. The Morgan fingerprint density at radius 3 is 2.48 bits per heavy atom. The molecule has 0 fully saturated rings. The minimum atomic E-state index is -0.198. The Hall–Kier alpha value is -2.22. The third-order valence-electron chi connectivity index (χ3n) is 5.14. The molecule has 2 aromatic rings. The number of Topliss-reactive ketones (excluding diaryl/α,β-unsaturated/α-hetero) is 1. The summed E-state index contributed by atoms with van der Waals surface area (Å²) in [6, 6.07) is 3.40. The molecule has 0 bridgehead atoms. The lowest BCUT2D eigenvalue weighted by Crippen LogP contribution is -2.35. The molecule has 1 aromatic heterocycles. The van der Waals surface area contributed by atoms with Crippen molar-refractivity contribution in [3.8, 4) is 11.4 Å².